The molecule has 1 aromatic carbocycles. The van der Waals surface area contributed by atoms with Crippen molar-refractivity contribution in [3.8, 4) is 0 Å². The maximum atomic E-state index is 12.2. The first kappa shape index (κ1) is 14.8. The van der Waals surface area contributed by atoms with Gasteiger partial charge in [-0.3, -0.25) is 4.72 Å². The van der Waals surface area contributed by atoms with Gasteiger partial charge in [-0.15, -0.1) is 0 Å². The average molecular weight is 382 g/mol. The molecular weight excluding hydrogens is 372 g/mol. The second kappa shape index (κ2) is 5.40. The van der Waals surface area contributed by atoms with Crippen LogP contribution in [0.3, 0.4) is 0 Å². The van der Waals surface area contributed by atoms with Crippen LogP contribution >= 0.6 is 38.9 Å². The summed E-state index contributed by atoms with van der Waals surface area (Å²) in [6.45, 7) is 3.69. The van der Waals surface area contributed by atoms with Crippen LogP contribution in [-0.2, 0) is 10.0 Å². The van der Waals surface area contributed by atoms with Crippen LogP contribution in [0.15, 0.2) is 27.0 Å². The number of anilines is 1. The molecule has 1 N–H and O–H groups in total. The third-order valence-electron chi connectivity index (χ3n) is 2.46. The Morgan fingerprint density at radius 1 is 1.32 bits per heavy atom. The fraction of sp³-hybridized carbons (Fsp3) is 0.182. The Labute approximate surface area is 129 Å². The van der Waals surface area contributed by atoms with Crippen molar-refractivity contribution in [3.05, 3.63) is 38.4 Å². The second-order valence-corrected chi connectivity index (χ2v) is 8.39. The summed E-state index contributed by atoms with van der Waals surface area (Å²) in [5.41, 5.74) is 2.25. The Bertz CT molecular complexity index is 705. The van der Waals surface area contributed by atoms with Crippen molar-refractivity contribution in [2.45, 2.75) is 18.1 Å². The van der Waals surface area contributed by atoms with E-state index in [4.69, 9.17) is 11.6 Å². The monoisotopic (exact) mass is 380 g/mol. The van der Waals surface area contributed by atoms with Gasteiger partial charge in [0.25, 0.3) is 10.0 Å². The Kier molecular flexibility index (Phi) is 4.20. The van der Waals surface area contributed by atoms with E-state index in [-0.39, 0.29) is 8.68 Å². The number of benzene rings is 1. The molecular formula is C11H10BrClN2O2S2. The van der Waals surface area contributed by atoms with Crippen LogP contribution in [0.1, 0.15) is 11.1 Å². The zero-order valence-corrected chi connectivity index (χ0v) is 14.0. The topological polar surface area (TPSA) is 59.1 Å². The zero-order valence-electron chi connectivity index (χ0n) is 10.1. The van der Waals surface area contributed by atoms with Gasteiger partial charge in [-0.25, -0.2) is 13.4 Å². The summed E-state index contributed by atoms with van der Waals surface area (Å²) in [6.07, 6.45) is 1.25. The predicted molar refractivity (Wildman–Crippen MR) is 81.5 cm³/mol. The van der Waals surface area contributed by atoms with Gasteiger partial charge in [0, 0.05) is 4.47 Å². The SMILES string of the molecule is Cc1cc(Br)cc(C)c1NS(=O)(=O)c1cnc(Cl)s1. The maximum Gasteiger partial charge on any atom is 0.273 e. The average Bonchev–Trinajstić information content (AvgIpc) is 2.71. The van der Waals surface area contributed by atoms with E-state index in [1.807, 2.05) is 26.0 Å². The normalized spacial score (nSPS) is 11.6. The minimum Gasteiger partial charge on any atom is -0.278 e. The van der Waals surface area contributed by atoms with Gasteiger partial charge in [-0.1, -0.05) is 38.9 Å². The molecule has 1 aromatic heterocycles. The molecule has 0 atom stereocenters. The fourth-order valence-corrected chi connectivity index (χ4v) is 4.80. The zero-order chi connectivity index (χ0) is 14.2. The highest BCUT2D eigenvalue weighted by Crippen LogP contribution is 2.29. The molecule has 4 nitrogen and oxygen atoms in total. The Morgan fingerprint density at radius 2 is 1.89 bits per heavy atom. The van der Waals surface area contributed by atoms with E-state index in [9.17, 15) is 8.42 Å². The molecule has 1 heterocycles. The summed E-state index contributed by atoms with van der Waals surface area (Å²) in [6, 6.07) is 3.70. The van der Waals surface area contributed by atoms with E-state index in [2.05, 4.69) is 25.6 Å². The number of nitrogens with zero attached hydrogens (tertiary/aromatic N) is 1. The lowest BCUT2D eigenvalue weighted by atomic mass is 10.1. The summed E-state index contributed by atoms with van der Waals surface area (Å²) >= 11 is 9.96. The number of sulfonamides is 1. The van der Waals surface area contributed by atoms with E-state index in [0.29, 0.717) is 5.69 Å². The Balaban J connectivity index is 2.41. The molecule has 0 unspecified atom stereocenters. The number of halogens is 2. The van der Waals surface area contributed by atoms with Crippen LogP contribution in [0.4, 0.5) is 5.69 Å². The Hall–Kier alpha value is -0.630. The molecule has 2 aromatic rings. The number of thiazole rings is 1. The molecule has 0 amide bonds. The van der Waals surface area contributed by atoms with Crippen molar-refractivity contribution in [1.29, 1.82) is 0 Å². The third-order valence-corrected chi connectivity index (χ3v) is 5.84. The van der Waals surface area contributed by atoms with E-state index < -0.39 is 10.0 Å². The van der Waals surface area contributed by atoms with Crippen LogP contribution < -0.4 is 4.72 Å². The molecule has 0 aliphatic carbocycles. The largest absolute Gasteiger partial charge is 0.278 e. The summed E-state index contributed by atoms with van der Waals surface area (Å²) < 4.78 is 28.2. The second-order valence-electron chi connectivity index (χ2n) is 3.95. The van der Waals surface area contributed by atoms with Gasteiger partial charge in [0.2, 0.25) is 0 Å². The van der Waals surface area contributed by atoms with E-state index in [1.165, 1.54) is 6.20 Å². The molecule has 2 rings (SSSR count). The first-order valence-corrected chi connectivity index (χ1v) is 8.67. The van der Waals surface area contributed by atoms with E-state index in [1.54, 1.807) is 0 Å². The number of hydrogen-bond donors (Lipinski definition) is 1. The molecule has 0 aliphatic heterocycles. The highest BCUT2D eigenvalue weighted by molar-refractivity contribution is 9.10. The molecule has 102 valence electrons. The van der Waals surface area contributed by atoms with Crippen LogP contribution in [0.5, 0.6) is 0 Å². The summed E-state index contributed by atoms with van der Waals surface area (Å²) in [5, 5.41) is 0. The molecule has 0 saturated carbocycles. The van der Waals surface area contributed by atoms with Crippen LogP contribution in [-0.4, -0.2) is 13.4 Å². The lowest BCUT2D eigenvalue weighted by molar-refractivity contribution is 0.603. The van der Waals surface area contributed by atoms with Gasteiger partial charge < -0.3 is 0 Å². The Morgan fingerprint density at radius 3 is 2.37 bits per heavy atom. The van der Waals surface area contributed by atoms with Gasteiger partial charge in [-0.2, -0.15) is 0 Å². The molecule has 0 spiro atoms. The third kappa shape index (κ3) is 3.28. The van der Waals surface area contributed by atoms with Crippen molar-refractivity contribution in [3.63, 3.8) is 0 Å². The summed E-state index contributed by atoms with van der Waals surface area (Å²) in [4.78, 5) is 3.74. The lowest BCUT2D eigenvalue weighted by Crippen LogP contribution is -2.13. The maximum absolute atomic E-state index is 12.2. The first-order chi connectivity index (χ1) is 8.79. The lowest BCUT2D eigenvalue weighted by Gasteiger charge is -2.12. The van der Waals surface area contributed by atoms with Gasteiger partial charge in [0.05, 0.1) is 11.9 Å². The van der Waals surface area contributed by atoms with Crippen LogP contribution in [0.2, 0.25) is 4.47 Å². The van der Waals surface area contributed by atoms with E-state index >= 15 is 0 Å². The first-order valence-electron chi connectivity index (χ1n) is 5.20. The highest BCUT2D eigenvalue weighted by Gasteiger charge is 2.19. The van der Waals surface area contributed by atoms with Gasteiger partial charge >= 0.3 is 0 Å². The van der Waals surface area contributed by atoms with Crippen molar-refractivity contribution in [2.24, 2.45) is 0 Å². The van der Waals surface area contributed by atoms with Crippen molar-refractivity contribution in [2.75, 3.05) is 4.72 Å². The number of aryl methyl sites for hydroxylation is 2. The molecule has 19 heavy (non-hydrogen) atoms. The molecule has 0 bridgehead atoms. The molecule has 8 heteroatoms. The fourth-order valence-electron chi connectivity index (χ4n) is 1.62. The molecule has 0 fully saturated rings. The summed E-state index contributed by atoms with van der Waals surface area (Å²) in [7, 11) is -3.64. The van der Waals surface area contributed by atoms with Gasteiger partial charge in [-0.05, 0) is 37.1 Å². The molecule has 0 radical (unpaired) electrons. The van der Waals surface area contributed by atoms with Gasteiger partial charge in [0.15, 0.2) is 8.68 Å². The van der Waals surface area contributed by atoms with Crippen LogP contribution in [0.25, 0.3) is 0 Å². The number of hydrogen-bond acceptors (Lipinski definition) is 4. The quantitative estimate of drug-likeness (QED) is 0.875. The molecule has 0 aliphatic rings. The van der Waals surface area contributed by atoms with Crippen molar-refractivity contribution < 1.29 is 8.42 Å². The minimum atomic E-state index is -3.64. The minimum absolute atomic E-state index is 0.0965. The number of aromatic nitrogens is 1. The van der Waals surface area contributed by atoms with Crippen LogP contribution in [0, 0.1) is 13.8 Å². The van der Waals surface area contributed by atoms with Gasteiger partial charge in [0.1, 0.15) is 0 Å². The number of nitrogens with one attached hydrogen (secondary N) is 1. The smallest absolute Gasteiger partial charge is 0.273 e. The molecule has 0 saturated heterocycles. The number of rotatable bonds is 3. The summed E-state index contributed by atoms with van der Waals surface area (Å²) in [5.74, 6) is 0. The van der Waals surface area contributed by atoms with E-state index in [0.717, 1.165) is 26.9 Å². The predicted octanol–water partition coefficient (Wildman–Crippen LogP) is 3.98. The van der Waals surface area contributed by atoms with Crippen molar-refractivity contribution >= 4 is 54.6 Å². The standard InChI is InChI=1S/C11H10BrClN2O2S2/c1-6-3-8(12)4-7(2)10(6)15-19(16,17)9-5-14-11(13)18-9/h3-5,15H,1-2H3. The van der Waals surface area contributed by atoms with Crippen molar-refractivity contribution in [1.82, 2.24) is 4.98 Å². The highest BCUT2D eigenvalue weighted by atomic mass is 79.9.